The molecule has 0 saturated carbocycles. The van der Waals surface area contributed by atoms with Crippen molar-refractivity contribution in [2.24, 2.45) is 0 Å². The van der Waals surface area contributed by atoms with E-state index in [2.05, 4.69) is 15.6 Å². The van der Waals surface area contributed by atoms with Crippen molar-refractivity contribution >= 4 is 28.3 Å². The van der Waals surface area contributed by atoms with Crippen LogP contribution >= 0.6 is 11.3 Å². The summed E-state index contributed by atoms with van der Waals surface area (Å²) in [7, 11) is 0. The van der Waals surface area contributed by atoms with Gasteiger partial charge in [0.2, 0.25) is 11.8 Å². The zero-order valence-corrected chi connectivity index (χ0v) is 13.9. The van der Waals surface area contributed by atoms with Gasteiger partial charge < -0.3 is 10.6 Å². The Morgan fingerprint density at radius 2 is 2.14 bits per heavy atom. The van der Waals surface area contributed by atoms with Gasteiger partial charge in [-0.25, -0.2) is 4.98 Å². The number of hydrogen-bond acceptors (Lipinski definition) is 5. The van der Waals surface area contributed by atoms with Gasteiger partial charge in [-0.15, -0.1) is 11.3 Å². The van der Waals surface area contributed by atoms with Crippen molar-refractivity contribution in [1.29, 1.82) is 0 Å². The summed E-state index contributed by atoms with van der Waals surface area (Å²) in [6.45, 7) is 9.17. The van der Waals surface area contributed by atoms with E-state index in [1.165, 1.54) is 18.3 Å². The average Bonchev–Trinajstić information content (AvgIpc) is 2.83. The maximum atomic E-state index is 11.5. The Morgan fingerprint density at radius 1 is 1.43 bits per heavy atom. The molecule has 0 radical (unpaired) electrons. The first-order chi connectivity index (χ1) is 9.93. The van der Waals surface area contributed by atoms with Crippen LogP contribution in [0.3, 0.4) is 0 Å². The molecule has 0 atom stereocenters. The molecule has 2 amide bonds. The van der Waals surface area contributed by atoms with Crippen molar-refractivity contribution < 1.29 is 9.59 Å². The zero-order chi connectivity index (χ0) is 15.8. The van der Waals surface area contributed by atoms with Crippen LogP contribution in [0.5, 0.6) is 0 Å². The monoisotopic (exact) mass is 312 g/mol. The number of nitrogens with one attached hydrogen (secondary N) is 2. The minimum absolute atomic E-state index is 0.00304. The topological polar surface area (TPSA) is 74.3 Å². The van der Waals surface area contributed by atoms with Gasteiger partial charge >= 0.3 is 0 Å². The molecule has 1 heterocycles. The zero-order valence-electron chi connectivity index (χ0n) is 13.1. The van der Waals surface area contributed by atoms with Gasteiger partial charge in [0, 0.05) is 44.4 Å². The number of aromatic nitrogens is 1. The Kier molecular flexibility index (Phi) is 7.31. The molecule has 0 aliphatic carbocycles. The Labute approximate surface area is 129 Å². The van der Waals surface area contributed by atoms with Crippen LogP contribution in [0.4, 0.5) is 5.13 Å². The highest BCUT2D eigenvalue weighted by Crippen LogP contribution is 2.20. The molecule has 7 heteroatoms. The van der Waals surface area contributed by atoms with Crippen molar-refractivity contribution in [3.63, 3.8) is 0 Å². The molecule has 0 spiro atoms. The Morgan fingerprint density at radius 3 is 2.71 bits per heavy atom. The summed E-state index contributed by atoms with van der Waals surface area (Å²) in [5, 5.41) is 8.68. The third-order valence-corrected chi connectivity index (χ3v) is 3.66. The third-order valence-electron chi connectivity index (χ3n) is 2.75. The molecule has 6 nitrogen and oxygen atoms in total. The standard InChI is InChI=1S/C14H24N4O2S/c1-5-18(11(4)19)14-17-12(9-21-14)8-15-7-6-13(20)16-10(2)3/h9-10,15H,5-8H2,1-4H3,(H,16,20). The third kappa shape index (κ3) is 6.22. The Balaban J connectivity index is 2.35. The van der Waals surface area contributed by atoms with Crippen molar-refractivity contribution in [2.75, 3.05) is 18.0 Å². The summed E-state index contributed by atoms with van der Waals surface area (Å²) < 4.78 is 0. The quantitative estimate of drug-likeness (QED) is 0.714. The normalized spacial score (nSPS) is 10.7. The smallest absolute Gasteiger partial charge is 0.225 e. The van der Waals surface area contributed by atoms with Crippen LogP contribution in [0.2, 0.25) is 0 Å². The molecule has 1 aromatic heterocycles. The van der Waals surface area contributed by atoms with Gasteiger partial charge in [0.1, 0.15) is 0 Å². The molecule has 21 heavy (non-hydrogen) atoms. The average molecular weight is 312 g/mol. The SMILES string of the molecule is CCN(C(C)=O)c1nc(CNCCC(=O)NC(C)C)cs1. The highest BCUT2D eigenvalue weighted by atomic mass is 32.1. The molecule has 1 aromatic rings. The molecule has 0 unspecified atom stereocenters. The molecule has 0 aromatic carbocycles. The van der Waals surface area contributed by atoms with E-state index in [1.54, 1.807) is 4.90 Å². The second kappa shape index (κ2) is 8.74. The lowest BCUT2D eigenvalue weighted by Crippen LogP contribution is -2.32. The number of hydrogen-bond donors (Lipinski definition) is 2. The second-order valence-electron chi connectivity index (χ2n) is 5.03. The number of anilines is 1. The molecule has 0 bridgehead atoms. The van der Waals surface area contributed by atoms with Gasteiger partial charge in [0.15, 0.2) is 5.13 Å². The maximum absolute atomic E-state index is 11.5. The first-order valence-corrected chi connectivity index (χ1v) is 8.04. The highest BCUT2D eigenvalue weighted by Gasteiger charge is 2.13. The van der Waals surface area contributed by atoms with Gasteiger partial charge in [0.25, 0.3) is 0 Å². The predicted molar refractivity (Wildman–Crippen MR) is 85.4 cm³/mol. The van der Waals surface area contributed by atoms with Gasteiger partial charge in [0.05, 0.1) is 5.69 Å². The van der Waals surface area contributed by atoms with E-state index in [9.17, 15) is 9.59 Å². The van der Waals surface area contributed by atoms with E-state index in [0.717, 1.165) is 10.8 Å². The Hall–Kier alpha value is -1.47. The van der Waals surface area contributed by atoms with Gasteiger partial charge in [-0.2, -0.15) is 0 Å². The Bertz CT molecular complexity index is 473. The van der Waals surface area contributed by atoms with Crippen molar-refractivity contribution in [3.8, 4) is 0 Å². The first kappa shape index (κ1) is 17.6. The second-order valence-corrected chi connectivity index (χ2v) is 5.87. The molecule has 1 rings (SSSR count). The van der Waals surface area contributed by atoms with Crippen LogP contribution in [0.25, 0.3) is 0 Å². The molecular weight excluding hydrogens is 288 g/mol. The number of thiazole rings is 1. The van der Waals surface area contributed by atoms with E-state index in [0.29, 0.717) is 26.1 Å². The van der Waals surface area contributed by atoms with Crippen LogP contribution in [0.1, 0.15) is 39.8 Å². The lowest BCUT2D eigenvalue weighted by atomic mass is 10.3. The largest absolute Gasteiger partial charge is 0.354 e. The van der Waals surface area contributed by atoms with Crippen molar-refractivity contribution in [3.05, 3.63) is 11.1 Å². The lowest BCUT2D eigenvalue weighted by Gasteiger charge is -2.14. The summed E-state index contributed by atoms with van der Waals surface area (Å²) in [5.74, 6) is 0.0434. The molecule has 0 aliphatic heterocycles. The van der Waals surface area contributed by atoms with Crippen molar-refractivity contribution in [2.45, 2.75) is 46.7 Å². The van der Waals surface area contributed by atoms with E-state index >= 15 is 0 Å². The van der Waals surface area contributed by atoms with Crippen LogP contribution in [0, 0.1) is 0 Å². The molecule has 118 valence electrons. The molecule has 2 N–H and O–H groups in total. The van der Waals surface area contributed by atoms with Gasteiger partial charge in [-0.05, 0) is 20.8 Å². The highest BCUT2D eigenvalue weighted by molar-refractivity contribution is 7.14. The summed E-state index contributed by atoms with van der Waals surface area (Å²) in [6.07, 6.45) is 0.448. The van der Waals surface area contributed by atoms with E-state index in [1.807, 2.05) is 26.2 Å². The van der Waals surface area contributed by atoms with Crippen molar-refractivity contribution in [1.82, 2.24) is 15.6 Å². The molecular formula is C14H24N4O2S. The summed E-state index contributed by atoms with van der Waals surface area (Å²) in [5.41, 5.74) is 0.888. The minimum atomic E-state index is -0.00304. The number of carbonyl (C=O) groups excluding carboxylic acids is 2. The fourth-order valence-corrected chi connectivity index (χ4v) is 2.74. The maximum Gasteiger partial charge on any atom is 0.225 e. The van der Waals surface area contributed by atoms with E-state index < -0.39 is 0 Å². The number of nitrogens with zero attached hydrogens (tertiary/aromatic N) is 2. The lowest BCUT2D eigenvalue weighted by molar-refractivity contribution is -0.121. The van der Waals surface area contributed by atoms with Crippen LogP contribution < -0.4 is 15.5 Å². The van der Waals surface area contributed by atoms with Crippen LogP contribution in [-0.4, -0.2) is 35.9 Å². The summed E-state index contributed by atoms with van der Waals surface area (Å²) in [4.78, 5) is 29.0. The molecule has 0 aliphatic rings. The number of rotatable bonds is 8. The number of carbonyl (C=O) groups is 2. The van der Waals surface area contributed by atoms with Gasteiger partial charge in [-0.3, -0.25) is 14.5 Å². The van der Waals surface area contributed by atoms with Crippen LogP contribution in [0.15, 0.2) is 5.38 Å². The van der Waals surface area contributed by atoms with Crippen LogP contribution in [-0.2, 0) is 16.1 Å². The fraction of sp³-hybridized carbons (Fsp3) is 0.643. The van der Waals surface area contributed by atoms with E-state index in [-0.39, 0.29) is 17.9 Å². The molecule has 0 fully saturated rings. The predicted octanol–water partition coefficient (Wildman–Crippen LogP) is 1.52. The van der Waals surface area contributed by atoms with Gasteiger partial charge in [-0.1, -0.05) is 0 Å². The molecule has 0 saturated heterocycles. The van der Waals surface area contributed by atoms with E-state index in [4.69, 9.17) is 0 Å². The first-order valence-electron chi connectivity index (χ1n) is 7.16. The summed E-state index contributed by atoms with van der Waals surface area (Å²) >= 11 is 1.46. The fourth-order valence-electron chi connectivity index (χ4n) is 1.81. The summed E-state index contributed by atoms with van der Waals surface area (Å²) in [6, 6.07) is 0.171. The minimum Gasteiger partial charge on any atom is -0.354 e. The number of amides is 2.